The second kappa shape index (κ2) is 5.54. The van der Waals surface area contributed by atoms with Crippen LogP contribution < -0.4 is 0 Å². The summed E-state index contributed by atoms with van der Waals surface area (Å²) in [5, 5.41) is 0. The van der Waals surface area contributed by atoms with E-state index in [1.807, 2.05) is 0 Å². The zero-order valence-corrected chi connectivity index (χ0v) is 11.2. The monoisotopic (exact) mass is 186 g/mol. The molecule has 72 valence electrons. The molecule has 0 aliphatic heterocycles. The minimum absolute atomic E-state index is 0.319. The van der Waals surface area contributed by atoms with Gasteiger partial charge in [0.15, 0.2) is 0 Å². The van der Waals surface area contributed by atoms with E-state index in [-0.39, 0.29) is 0 Å². The normalized spacial score (nSPS) is 16.1. The molecule has 0 rings (SSSR count). The molecule has 0 aliphatic carbocycles. The molecule has 2 heteroatoms. The summed E-state index contributed by atoms with van der Waals surface area (Å²) in [4.78, 5) is 0. The van der Waals surface area contributed by atoms with Gasteiger partial charge in [0.25, 0.3) is 0 Å². The van der Waals surface area contributed by atoms with Crippen LogP contribution in [0.1, 0.15) is 34.6 Å². The Morgan fingerprint density at radius 2 is 1.67 bits per heavy atom. The maximum absolute atomic E-state index is 5.45. The van der Waals surface area contributed by atoms with E-state index in [0.717, 1.165) is 10.5 Å². The summed E-state index contributed by atoms with van der Waals surface area (Å²) >= 11 is 0. The SMILES string of the molecule is CC(C)C=C(C(C)C)C(C)O[SiH3]. The van der Waals surface area contributed by atoms with Crippen molar-refractivity contribution in [2.24, 2.45) is 11.8 Å². The number of hydrogen-bond acceptors (Lipinski definition) is 1. The molecule has 0 amide bonds. The van der Waals surface area contributed by atoms with E-state index < -0.39 is 0 Å². The van der Waals surface area contributed by atoms with Crippen LogP contribution in [-0.2, 0) is 4.43 Å². The lowest BCUT2D eigenvalue weighted by Crippen LogP contribution is -2.15. The summed E-state index contributed by atoms with van der Waals surface area (Å²) in [6.45, 7) is 11.0. The van der Waals surface area contributed by atoms with Crippen LogP contribution in [0.5, 0.6) is 0 Å². The third-order valence-corrected chi connectivity index (χ3v) is 2.72. The van der Waals surface area contributed by atoms with Crippen molar-refractivity contribution in [3.05, 3.63) is 11.6 Å². The number of allylic oxidation sites excluding steroid dienone is 1. The highest BCUT2D eigenvalue weighted by atomic mass is 28.2. The molecule has 0 fully saturated rings. The van der Waals surface area contributed by atoms with E-state index in [9.17, 15) is 0 Å². The molecule has 0 aromatic carbocycles. The lowest BCUT2D eigenvalue weighted by atomic mass is 9.95. The Hall–Kier alpha value is -0.0831. The second-order valence-corrected chi connectivity index (χ2v) is 4.41. The summed E-state index contributed by atoms with van der Waals surface area (Å²) < 4.78 is 5.45. The molecule has 0 N–H and O–H groups in total. The molecule has 0 aromatic rings. The van der Waals surface area contributed by atoms with Crippen LogP contribution in [0.2, 0.25) is 0 Å². The van der Waals surface area contributed by atoms with Gasteiger partial charge >= 0.3 is 0 Å². The minimum Gasteiger partial charge on any atom is -0.422 e. The van der Waals surface area contributed by atoms with Crippen LogP contribution >= 0.6 is 0 Å². The molecule has 1 nitrogen and oxygen atoms in total. The van der Waals surface area contributed by atoms with Crippen LogP contribution in [0.25, 0.3) is 0 Å². The molecule has 0 heterocycles. The summed E-state index contributed by atoms with van der Waals surface area (Å²) in [6, 6.07) is 0. The summed E-state index contributed by atoms with van der Waals surface area (Å²) in [6.07, 6.45) is 2.65. The molecule has 0 bridgehead atoms. The van der Waals surface area contributed by atoms with E-state index in [1.54, 1.807) is 0 Å². The first kappa shape index (κ1) is 11.9. The smallest absolute Gasteiger partial charge is 0.146 e. The molecule has 0 saturated carbocycles. The Morgan fingerprint density at radius 1 is 1.17 bits per heavy atom. The molecule has 0 aliphatic rings. The van der Waals surface area contributed by atoms with Crippen molar-refractivity contribution >= 4 is 10.5 Å². The lowest BCUT2D eigenvalue weighted by Gasteiger charge is -2.19. The summed E-state index contributed by atoms with van der Waals surface area (Å²) in [7, 11) is 0.826. The van der Waals surface area contributed by atoms with E-state index in [1.165, 1.54) is 5.57 Å². The zero-order valence-electron chi connectivity index (χ0n) is 9.22. The number of hydrogen-bond donors (Lipinski definition) is 0. The third kappa shape index (κ3) is 4.07. The molecule has 0 radical (unpaired) electrons. The molecule has 1 atom stereocenters. The van der Waals surface area contributed by atoms with Gasteiger partial charge in [0.2, 0.25) is 0 Å². The highest BCUT2D eigenvalue weighted by Gasteiger charge is 2.10. The molecular formula is C10H22OSi. The average Bonchev–Trinajstić information content (AvgIpc) is 1.98. The van der Waals surface area contributed by atoms with Crippen LogP contribution in [0.4, 0.5) is 0 Å². The van der Waals surface area contributed by atoms with Crippen molar-refractivity contribution < 1.29 is 4.43 Å². The maximum Gasteiger partial charge on any atom is 0.146 e. The highest BCUT2D eigenvalue weighted by Crippen LogP contribution is 2.18. The van der Waals surface area contributed by atoms with Crippen LogP contribution in [0, 0.1) is 11.8 Å². The second-order valence-electron chi connectivity index (χ2n) is 3.94. The maximum atomic E-state index is 5.45. The topological polar surface area (TPSA) is 9.23 Å². The number of rotatable bonds is 4. The lowest BCUT2D eigenvalue weighted by molar-refractivity contribution is 0.268. The summed E-state index contributed by atoms with van der Waals surface area (Å²) in [5.74, 6) is 1.23. The first-order valence-corrected chi connectivity index (χ1v) is 5.55. The van der Waals surface area contributed by atoms with Gasteiger partial charge in [0.05, 0.1) is 6.10 Å². The van der Waals surface area contributed by atoms with Gasteiger partial charge < -0.3 is 4.43 Å². The van der Waals surface area contributed by atoms with Crippen LogP contribution in [-0.4, -0.2) is 16.6 Å². The predicted molar refractivity (Wildman–Crippen MR) is 58.2 cm³/mol. The van der Waals surface area contributed by atoms with Gasteiger partial charge in [0, 0.05) is 0 Å². The predicted octanol–water partition coefficient (Wildman–Crippen LogP) is 1.91. The largest absolute Gasteiger partial charge is 0.422 e. The van der Waals surface area contributed by atoms with Crippen molar-refractivity contribution in [2.45, 2.75) is 40.7 Å². The molecule has 12 heavy (non-hydrogen) atoms. The van der Waals surface area contributed by atoms with Crippen molar-refractivity contribution in [1.82, 2.24) is 0 Å². The fraction of sp³-hybridized carbons (Fsp3) is 0.800. The van der Waals surface area contributed by atoms with E-state index in [0.29, 0.717) is 17.9 Å². The molecule has 0 saturated heterocycles. The first-order chi connectivity index (χ1) is 5.49. The van der Waals surface area contributed by atoms with Gasteiger partial charge in [-0.3, -0.25) is 0 Å². The van der Waals surface area contributed by atoms with Crippen molar-refractivity contribution in [3.63, 3.8) is 0 Å². The van der Waals surface area contributed by atoms with E-state index in [2.05, 4.69) is 40.7 Å². The fourth-order valence-electron chi connectivity index (χ4n) is 1.32. The Bertz CT molecular complexity index is 150. The average molecular weight is 186 g/mol. The Kier molecular flexibility index (Phi) is 5.50. The van der Waals surface area contributed by atoms with Gasteiger partial charge in [-0.05, 0) is 24.3 Å². The quantitative estimate of drug-likeness (QED) is 0.481. The van der Waals surface area contributed by atoms with Gasteiger partial charge in [-0.25, -0.2) is 0 Å². The van der Waals surface area contributed by atoms with Gasteiger partial charge in [-0.15, -0.1) is 0 Å². The van der Waals surface area contributed by atoms with Gasteiger partial charge in [-0.2, -0.15) is 0 Å². The van der Waals surface area contributed by atoms with Gasteiger partial charge in [0.1, 0.15) is 10.5 Å². The van der Waals surface area contributed by atoms with Crippen molar-refractivity contribution in [3.8, 4) is 0 Å². The highest BCUT2D eigenvalue weighted by molar-refractivity contribution is 5.98. The third-order valence-electron chi connectivity index (χ3n) is 2.02. The molecular weight excluding hydrogens is 164 g/mol. The zero-order chi connectivity index (χ0) is 9.72. The van der Waals surface area contributed by atoms with Gasteiger partial charge in [-0.1, -0.05) is 33.8 Å². The molecule has 0 spiro atoms. The van der Waals surface area contributed by atoms with Crippen LogP contribution in [0.15, 0.2) is 11.6 Å². The minimum atomic E-state index is 0.319. The molecule has 0 aromatic heterocycles. The Morgan fingerprint density at radius 3 is 1.92 bits per heavy atom. The fourth-order valence-corrected chi connectivity index (χ4v) is 1.59. The van der Waals surface area contributed by atoms with Crippen molar-refractivity contribution in [1.29, 1.82) is 0 Å². The van der Waals surface area contributed by atoms with Crippen molar-refractivity contribution in [2.75, 3.05) is 0 Å². The van der Waals surface area contributed by atoms with E-state index >= 15 is 0 Å². The Balaban J connectivity index is 4.43. The van der Waals surface area contributed by atoms with E-state index in [4.69, 9.17) is 4.43 Å². The molecule has 1 unspecified atom stereocenters. The van der Waals surface area contributed by atoms with Crippen LogP contribution in [0.3, 0.4) is 0 Å². The first-order valence-electron chi connectivity index (χ1n) is 4.73. The summed E-state index contributed by atoms with van der Waals surface area (Å²) in [5.41, 5.74) is 1.44. The standard InChI is InChI=1S/C10H22OSi/c1-7(2)6-10(8(3)4)9(5)11-12/h6-9H,1-5,12H3. The Labute approximate surface area is 79.7 Å².